The Hall–Kier alpha value is -3.01. The van der Waals surface area contributed by atoms with E-state index in [2.05, 4.69) is 5.32 Å². The number of fused-ring (bicyclic) bond motifs is 1. The first-order valence-corrected chi connectivity index (χ1v) is 7.39. The lowest BCUT2D eigenvalue weighted by molar-refractivity contribution is 0.247. The Balaban J connectivity index is 2.22. The first-order valence-electron chi connectivity index (χ1n) is 7.39. The number of primary amides is 1. The van der Waals surface area contributed by atoms with Gasteiger partial charge in [-0.05, 0) is 29.3 Å². The molecule has 23 heavy (non-hydrogen) atoms. The summed E-state index contributed by atoms with van der Waals surface area (Å²) in [6.07, 6.45) is 0. The number of phenolic OH excluding ortho intramolecular Hbond substituents is 1. The molecule has 0 saturated heterocycles. The molecule has 3 aromatic rings. The van der Waals surface area contributed by atoms with Gasteiger partial charge in [0.05, 0.1) is 6.04 Å². The minimum absolute atomic E-state index is 0.128. The van der Waals surface area contributed by atoms with E-state index in [0.29, 0.717) is 5.56 Å². The summed E-state index contributed by atoms with van der Waals surface area (Å²) in [4.78, 5) is 11.5. The number of rotatable bonds is 3. The number of hydrogen-bond acceptors (Lipinski definition) is 2. The van der Waals surface area contributed by atoms with Gasteiger partial charge < -0.3 is 16.2 Å². The van der Waals surface area contributed by atoms with Gasteiger partial charge >= 0.3 is 6.03 Å². The number of carbonyl (C=O) groups excluding carboxylic acids is 1. The Bertz CT molecular complexity index is 857. The van der Waals surface area contributed by atoms with Gasteiger partial charge in [0.15, 0.2) is 0 Å². The number of urea groups is 1. The van der Waals surface area contributed by atoms with Gasteiger partial charge in [0.1, 0.15) is 5.75 Å². The van der Waals surface area contributed by atoms with Crippen LogP contribution in [0.5, 0.6) is 5.75 Å². The van der Waals surface area contributed by atoms with E-state index in [4.69, 9.17) is 5.73 Å². The molecule has 4 heteroatoms. The number of benzene rings is 3. The highest BCUT2D eigenvalue weighted by atomic mass is 16.3. The summed E-state index contributed by atoms with van der Waals surface area (Å²) in [6, 6.07) is 17.9. The molecule has 3 rings (SSSR count). The molecule has 0 saturated carbocycles. The van der Waals surface area contributed by atoms with Gasteiger partial charge in [-0.25, -0.2) is 4.79 Å². The van der Waals surface area contributed by atoms with Gasteiger partial charge in [-0.1, -0.05) is 60.2 Å². The molecule has 0 spiro atoms. The van der Waals surface area contributed by atoms with Gasteiger partial charge in [0, 0.05) is 5.56 Å². The molecule has 4 N–H and O–H groups in total. The van der Waals surface area contributed by atoms with Crippen molar-refractivity contribution in [3.8, 4) is 5.75 Å². The topological polar surface area (TPSA) is 75.3 Å². The van der Waals surface area contributed by atoms with Crippen LogP contribution in [-0.2, 0) is 0 Å². The molecule has 0 aromatic heterocycles. The average Bonchev–Trinajstić information content (AvgIpc) is 2.54. The number of carbonyl (C=O) groups is 1. The third-order valence-electron chi connectivity index (χ3n) is 3.93. The third kappa shape index (κ3) is 2.97. The number of amides is 2. The molecular weight excluding hydrogens is 288 g/mol. The smallest absolute Gasteiger partial charge is 0.312 e. The first-order chi connectivity index (χ1) is 11.1. The molecule has 0 bridgehead atoms. The summed E-state index contributed by atoms with van der Waals surface area (Å²) in [5, 5.41) is 15.0. The predicted octanol–water partition coefficient (Wildman–Crippen LogP) is 3.61. The summed E-state index contributed by atoms with van der Waals surface area (Å²) in [6.45, 7) is 2.00. The Morgan fingerprint density at radius 3 is 2.43 bits per heavy atom. The van der Waals surface area contributed by atoms with Crippen LogP contribution in [0.2, 0.25) is 0 Å². The Labute approximate surface area is 134 Å². The van der Waals surface area contributed by atoms with Crippen molar-refractivity contribution >= 4 is 16.8 Å². The molecule has 0 aliphatic carbocycles. The SMILES string of the molecule is Cc1ccc(C(NC(N)=O)c2c(O)ccc3ccccc23)cc1. The summed E-state index contributed by atoms with van der Waals surface area (Å²) in [5.41, 5.74) is 7.99. The second-order valence-electron chi connectivity index (χ2n) is 5.57. The molecule has 1 unspecified atom stereocenters. The maximum Gasteiger partial charge on any atom is 0.312 e. The zero-order chi connectivity index (χ0) is 16.4. The highest BCUT2D eigenvalue weighted by molar-refractivity contribution is 5.89. The van der Waals surface area contributed by atoms with E-state index in [-0.39, 0.29) is 5.75 Å². The zero-order valence-corrected chi connectivity index (χ0v) is 12.8. The van der Waals surface area contributed by atoms with E-state index in [1.165, 1.54) is 0 Å². The summed E-state index contributed by atoms with van der Waals surface area (Å²) in [5.74, 6) is 0.128. The lowest BCUT2D eigenvalue weighted by atomic mass is 9.92. The second-order valence-corrected chi connectivity index (χ2v) is 5.57. The largest absolute Gasteiger partial charge is 0.508 e. The number of hydrogen-bond donors (Lipinski definition) is 3. The molecule has 0 aliphatic heterocycles. The lowest BCUT2D eigenvalue weighted by Crippen LogP contribution is -2.34. The van der Waals surface area contributed by atoms with Crippen LogP contribution < -0.4 is 11.1 Å². The Morgan fingerprint density at radius 2 is 1.74 bits per heavy atom. The fraction of sp³-hybridized carbons (Fsp3) is 0.105. The lowest BCUT2D eigenvalue weighted by Gasteiger charge is -2.21. The van der Waals surface area contributed by atoms with Crippen molar-refractivity contribution in [3.05, 3.63) is 77.4 Å². The van der Waals surface area contributed by atoms with E-state index in [9.17, 15) is 9.90 Å². The van der Waals surface area contributed by atoms with E-state index in [1.807, 2.05) is 61.5 Å². The quantitative estimate of drug-likeness (QED) is 0.691. The van der Waals surface area contributed by atoms with Gasteiger partial charge in [-0.3, -0.25) is 0 Å². The number of aryl methyl sites for hydroxylation is 1. The molecule has 0 fully saturated rings. The van der Waals surface area contributed by atoms with Crippen LogP contribution in [0.15, 0.2) is 60.7 Å². The first kappa shape index (κ1) is 14.9. The van der Waals surface area contributed by atoms with Crippen LogP contribution in [0.25, 0.3) is 10.8 Å². The van der Waals surface area contributed by atoms with Crippen LogP contribution in [0.1, 0.15) is 22.7 Å². The molecule has 2 amide bonds. The highest BCUT2D eigenvalue weighted by Gasteiger charge is 2.21. The molecule has 0 aliphatic rings. The molecule has 0 heterocycles. The average molecular weight is 306 g/mol. The normalized spacial score (nSPS) is 12.0. The van der Waals surface area contributed by atoms with Crippen molar-refractivity contribution in [1.29, 1.82) is 0 Å². The third-order valence-corrected chi connectivity index (χ3v) is 3.93. The van der Waals surface area contributed by atoms with Crippen molar-refractivity contribution < 1.29 is 9.90 Å². The predicted molar refractivity (Wildman–Crippen MR) is 91.4 cm³/mol. The van der Waals surface area contributed by atoms with Gasteiger partial charge in [0.2, 0.25) is 0 Å². The zero-order valence-electron chi connectivity index (χ0n) is 12.8. The maximum absolute atomic E-state index is 11.5. The van der Waals surface area contributed by atoms with Crippen molar-refractivity contribution in [2.24, 2.45) is 5.73 Å². The maximum atomic E-state index is 11.5. The minimum atomic E-state index is -0.636. The van der Waals surface area contributed by atoms with E-state index >= 15 is 0 Å². The van der Waals surface area contributed by atoms with Gasteiger partial charge in [-0.15, -0.1) is 0 Å². The molecule has 4 nitrogen and oxygen atoms in total. The Kier molecular flexibility index (Phi) is 3.89. The fourth-order valence-corrected chi connectivity index (χ4v) is 2.81. The standard InChI is InChI=1S/C19H18N2O2/c1-12-6-8-14(9-7-12)18(21-19(20)23)17-15-5-3-2-4-13(15)10-11-16(17)22/h2-11,18,22H,1H3,(H3,20,21,23). The molecule has 116 valence electrons. The van der Waals surface area contributed by atoms with Crippen LogP contribution in [0, 0.1) is 6.92 Å². The number of nitrogens with one attached hydrogen (secondary N) is 1. The van der Waals surface area contributed by atoms with Crippen LogP contribution in [0.4, 0.5) is 4.79 Å². The van der Waals surface area contributed by atoms with Gasteiger partial charge in [-0.2, -0.15) is 0 Å². The summed E-state index contributed by atoms with van der Waals surface area (Å²) < 4.78 is 0. The van der Waals surface area contributed by atoms with Crippen LogP contribution in [0.3, 0.4) is 0 Å². The van der Waals surface area contributed by atoms with E-state index in [1.54, 1.807) is 6.07 Å². The Morgan fingerprint density at radius 1 is 1.04 bits per heavy atom. The monoisotopic (exact) mass is 306 g/mol. The van der Waals surface area contributed by atoms with Gasteiger partial charge in [0.25, 0.3) is 0 Å². The van der Waals surface area contributed by atoms with Crippen molar-refractivity contribution in [3.63, 3.8) is 0 Å². The van der Waals surface area contributed by atoms with E-state index in [0.717, 1.165) is 21.9 Å². The second kappa shape index (κ2) is 6.01. The molecule has 3 aromatic carbocycles. The number of phenols is 1. The molecule has 0 radical (unpaired) electrons. The summed E-state index contributed by atoms with van der Waals surface area (Å²) in [7, 11) is 0. The summed E-state index contributed by atoms with van der Waals surface area (Å²) >= 11 is 0. The number of aromatic hydroxyl groups is 1. The number of nitrogens with two attached hydrogens (primary N) is 1. The van der Waals surface area contributed by atoms with Crippen LogP contribution >= 0.6 is 0 Å². The minimum Gasteiger partial charge on any atom is -0.508 e. The molecule has 1 atom stereocenters. The van der Waals surface area contributed by atoms with Crippen LogP contribution in [-0.4, -0.2) is 11.1 Å². The van der Waals surface area contributed by atoms with E-state index < -0.39 is 12.1 Å². The van der Waals surface area contributed by atoms with Crippen molar-refractivity contribution in [2.45, 2.75) is 13.0 Å². The highest BCUT2D eigenvalue weighted by Crippen LogP contribution is 2.35. The van der Waals surface area contributed by atoms with Crippen molar-refractivity contribution in [2.75, 3.05) is 0 Å². The fourth-order valence-electron chi connectivity index (χ4n) is 2.81. The van der Waals surface area contributed by atoms with Crippen molar-refractivity contribution in [1.82, 2.24) is 5.32 Å². The molecular formula is C19H18N2O2.